The van der Waals surface area contributed by atoms with Gasteiger partial charge in [0.2, 0.25) is 0 Å². The van der Waals surface area contributed by atoms with E-state index in [-0.39, 0.29) is 6.04 Å². The first-order chi connectivity index (χ1) is 10.1. The van der Waals surface area contributed by atoms with Gasteiger partial charge >= 0.3 is 0 Å². The second-order valence-corrected chi connectivity index (χ2v) is 5.99. The Balaban J connectivity index is 2.35. The van der Waals surface area contributed by atoms with E-state index in [0.717, 1.165) is 0 Å². The first kappa shape index (κ1) is 15.8. The zero-order chi connectivity index (χ0) is 15.4. The number of benzene rings is 2. The molecule has 0 bridgehead atoms. The molecule has 0 amide bonds. The van der Waals surface area contributed by atoms with Gasteiger partial charge in [-0.3, -0.25) is 0 Å². The highest BCUT2D eigenvalue weighted by atomic mass is 14.9. The molecular weight excluding hydrogens is 254 g/mol. The molecule has 2 aromatic carbocycles. The minimum Gasteiger partial charge on any atom is -0.309 e. The molecule has 0 aliphatic carbocycles. The predicted octanol–water partition coefficient (Wildman–Crippen LogP) is 5.13. The first-order valence-electron chi connectivity index (χ1n) is 7.91. The van der Waals surface area contributed by atoms with Gasteiger partial charge in [0.05, 0.1) is 6.04 Å². The Labute approximate surface area is 129 Å². The molecule has 2 rings (SSSR count). The third-order valence-corrected chi connectivity index (χ3v) is 4.70. The Morgan fingerprint density at radius 1 is 0.952 bits per heavy atom. The highest BCUT2D eigenvalue weighted by molar-refractivity contribution is 5.41. The first-order valence-corrected chi connectivity index (χ1v) is 7.91. The minimum atomic E-state index is 0.260. The van der Waals surface area contributed by atoms with E-state index >= 15 is 0 Å². The number of hydrogen-bond acceptors (Lipinski definition) is 1. The SMILES string of the molecule is CCC(C)c1ccc(C(NC)c2cccc(C)c2C)cc1. The van der Waals surface area contributed by atoms with Gasteiger partial charge in [0.1, 0.15) is 0 Å². The summed E-state index contributed by atoms with van der Waals surface area (Å²) in [6.07, 6.45) is 1.19. The quantitative estimate of drug-likeness (QED) is 0.801. The zero-order valence-electron chi connectivity index (χ0n) is 13.9. The van der Waals surface area contributed by atoms with E-state index in [1.54, 1.807) is 0 Å². The molecule has 0 aliphatic heterocycles. The maximum Gasteiger partial charge on any atom is 0.0576 e. The lowest BCUT2D eigenvalue weighted by atomic mass is 9.91. The van der Waals surface area contributed by atoms with Crippen LogP contribution in [0.2, 0.25) is 0 Å². The van der Waals surface area contributed by atoms with Crippen molar-refractivity contribution in [2.75, 3.05) is 7.05 Å². The second-order valence-electron chi connectivity index (χ2n) is 5.99. The molecule has 21 heavy (non-hydrogen) atoms. The van der Waals surface area contributed by atoms with Gasteiger partial charge in [-0.25, -0.2) is 0 Å². The standard InChI is InChI=1S/C20H27N/c1-6-14(2)17-10-12-18(13-11-17)20(21-5)19-9-7-8-15(3)16(19)4/h7-14,20-21H,6H2,1-5H3. The zero-order valence-corrected chi connectivity index (χ0v) is 13.9. The number of nitrogens with one attached hydrogen (secondary N) is 1. The molecule has 1 N–H and O–H groups in total. The van der Waals surface area contributed by atoms with Gasteiger partial charge < -0.3 is 5.32 Å². The van der Waals surface area contributed by atoms with E-state index in [4.69, 9.17) is 0 Å². The molecule has 0 heterocycles. The van der Waals surface area contributed by atoms with Gasteiger partial charge in [-0.05, 0) is 61.1 Å². The van der Waals surface area contributed by atoms with Gasteiger partial charge in [-0.15, -0.1) is 0 Å². The Bertz CT molecular complexity index is 583. The van der Waals surface area contributed by atoms with Crippen LogP contribution in [0.15, 0.2) is 42.5 Å². The van der Waals surface area contributed by atoms with Crippen molar-refractivity contribution in [3.05, 3.63) is 70.3 Å². The Hall–Kier alpha value is -1.60. The van der Waals surface area contributed by atoms with E-state index in [1.165, 1.54) is 34.2 Å². The van der Waals surface area contributed by atoms with Gasteiger partial charge in [0.15, 0.2) is 0 Å². The van der Waals surface area contributed by atoms with Crippen molar-refractivity contribution in [1.82, 2.24) is 5.32 Å². The van der Waals surface area contributed by atoms with E-state index in [1.807, 2.05) is 7.05 Å². The summed E-state index contributed by atoms with van der Waals surface area (Å²) in [5.74, 6) is 0.632. The van der Waals surface area contributed by atoms with Crippen LogP contribution in [-0.2, 0) is 0 Å². The average Bonchev–Trinajstić information content (AvgIpc) is 2.52. The molecule has 0 saturated heterocycles. The molecule has 2 aromatic rings. The summed E-state index contributed by atoms with van der Waals surface area (Å²) < 4.78 is 0. The van der Waals surface area contributed by atoms with Crippen molar-refractivity contribution in [3.63, 3.8) is 0 Å². The van der Waals surface area contributed by atoms with Gasteiger partial charge in [0, 0.05) is 0 Å². The minimum absolute atomic E-state index is 0.260. The van der Waals surface area contributed by atoms with Crippen LogP contribution >= 0.6 is 0 Å². The Morgan fingerprint density at radius 3 is 2.14 bits per heavy atom. The monoisotopic (exact) mass is 281 g/mol. The van der Waals surface area contributed by atoms with Crippen LogP contribution in [0.4, 0.5) is 0 Å². The molecule has 0 aromatic heterocycles. The van der Waals surface area contributed by atoms with Crippen LogP contribution < -0.4 is 5.32 Å². The van der Waals surface area contributed by atoms with Crippen molar-refractivity contribution in [2.45, 2.75) is 46.1 Å². The van der Waals surface area contributed by atoms with Gasteiger partial charge in [-0.2, -0.15) is 0 Å². The molecule has 0 saturated carbocycles. The summed E-state index contributed by atoms with van der Waals surface area (Å²) in [6, 6.07) is 15.9. The van der Waals surface area contributed by atoms with E-state index in [2.05, 4.69) is 75.5 Å². The second kappa shape index (κ2) is 6.91. The van der Waals surface area contributed by atoms with Crippen LogP contribution in [-0.4, -0.2) is 7.05 Å². The van der Waals surface area contributed by atoms with E-state index in [0.29, 0.717) is 5.92 Å². The lowest BCUT2D eigenvalue weighted by Gasteiger charge is -2.21. The topological polar surface area (TPSA) is 12.0 Å². The Morgan fingerprint density at radius 2 is 1.57 bits per heavy atom. The van der Waals surface area contributed by atoms with Crippen LogP contribution in [0.1, 0.15) is 60.0 Å². The summed E-state index contributed by atoms with van der Waals surface area (Å²) in [5.41, 5.74) is 6.86. The molecule has 0 radical (unpaired) electrons. The highest BCUT2D eigenvalue weighted by Gasteiger charge is 2.15. The van der Waals surface area contributed by atoms with E-state index < -0.39 is 0 Å². The summed E-state index contributed by atoms with van der Waals surface area (Å²) in [6.45, 7) is 8.92. The van der Waals surface area contributed by atoms with Gasteiger partial charge in [-0.1, -0.05) is 56.3 Å². The summed E-state index contributed by atoms with van der Waals surface area (Å²) in [4.78, 5) is 0. The van der Waals surface area contributed by atoms with Crippen molar-refractivity contribution in [2.24, 2.45) is 0 Å². The molecule has 0 aliphatic rings. The third-order valence-electron chi connectivity index (χ3n) is 4.70. The molecular formula is C20H27N. The summed E-state index contributed by atoms with van der Waals surface area (Å²) in [5, 5.41) is 3.47. The fourth-order valence-corrected chi connectivity index (χ4v) is 2.84. The molecule has 0 fully saturated rings. The normalized spacial score (nSPS) is 14.0. The summed E-state index contributed by atoms with van der Waals surface area (Å²) >= 11 is 0. The molecule has 1 nitrogen and oxygen atoms in total. The van der Waals surface area contributed by atoms with Crippen molar-refractivity contribution in [3.8, 4) is 0 Å². The number of aryl methyl sites for hydroxylation is 1. The van der Waals surface area contributed by atoms with Crippen molar-refractivity contribution < 1.29 is 0 Å². The summed E-state index contributed by atoms with van der Waals surface area (Å²) in [7, 11) is 2.04. The van der Waals surface area contributed by atoms with Crippen molar-refractivity contribution >= 4 is 0 Å². The highest BCUT2D eigenvalue weighted by Crippen LogP contribution is 2.28. The molecule has 1 heteroatoms. The van der Waals surface area contributed by atoms with Crippen LogP contribution in [0.25, 0.3) is 0 Å². The predicted molar refractivity (Wildman–Crippen MR) is 92.0 cm³/mol. The lowest BCUT2D eigenvalue weighted by Crippen LogP contribution is -2.19. The maximum atomic E-state index is 3.47. The molecule has 2 atom stereocenters. The maximum absolute atomic E-state index is 3.47. The van der Waals surface area contributed by atoms with E-state index in [9.17, 15) is 0 Å². The molecule has 2 unspecified atom stereocenters. The van der Waals surface area contributed by atoms with Crippen molar-refractivity contribution in [1.29, 1.82) is 0 Å². The third kappa shape index (κ3) is 3.36. The average molecular weight is 281 g/mol. The van der Waals surface area contributed by atoms with Gasteiger partial charge in [0.25, 0.3) is 0 Å². The largest absolute Gasteiger partial charge is 0.309 e. The fourth-order valence-electron chi connectivity index (χ4n) is 2.84. The fraction of sp³-hybridized carbons (Fsp3) is 0.400. The van der Waals surface area contributed by atoms with Crippen LogP contribution in [0, 0.1) is 13.8 Å². The lowest BCUT2D eigenvalue weighted by molar-refractivity contribution is 0.683. The molecule has 112 valence electrons. The van der Waals surface area contributed by atoms with Crippen LogP contribution in [0.5, 0.6) is 0 Å². The number of rotatable bonds is 5. The smallest absolute Gasteiger partial charge is 0.0576 e. The number of hydrogen-bond donors (Lipinski definition) is 1. The molecule has 0 spiro atoms. The van der Waals surface area contributed by atoms with Crippen LogP contribution in [0.3, 0.4) is 0 Å². The Kier molecular flexibility index (Phi) is 5.19.